The third kappa shape index (κ3) is 7.92. The zero-order valence-electron chi connectivity index (χ0n) is 12.1. The van der Waals surface area contributed by atoms with E-state index in [1.54, 1.807) is 14.2 Å². The smallest absolute Gasteiger partial charge is 0.377 e. The lowest BCUT2D eigenvalue weighted by molar-refractivity contribution is 0.0961. The maximum Gasteiger partial charge on any atom is 0.500 e. The molecule has 3 nitrogen and oxygen atoms in total. The molecule has 0 saturated heterocycles. The minimum Gasteiger partial charge on any atom is -0.377 e. The number of hydrogen-bond donors (Lipinski definition) is 0. The van der Waals surface area contributed by atoms with E-state index in [1.807, 2.05) is 0 Å². The second-order valence-corrected chi connectivity index (χ2v) is 7.43. The Labute approximate surface area is 108 Å². The van der Waals surface area contributed by atoms with Crippen molar-refractivity contribution in [1.29, 1.82) is 0 Å². The molecule has 0 atom stereocenters. The van der Waals surface area contributed by atoms with Gasteiger partial charge in [0, 0.05) is 26.9 Å². The van der Waals surface area contributed by atoms with Crippen LogP contribution in [0.4, 0.5) is 0 Å². The third-order valence-electron chi connectivity index (χ3n) is 3.00. The molecule has 0 aromatic heterocycles. The Kier molecular flexibility index (Phi) is 11.3. The van der Waals surface area contributed by atoms with Gasteiger partial charge in [-0.15, -0.1) is 0 Å². The predicted molar refractivity (Wildman–Crippen MR) is 74.2 cm³/mol. The van der Waals surface area contributed by atoms with Gasteiger partial charge in [-0.25, -0.2) is 0 Å². The summed E-state index contributed by atoms with van der Waals surface area (Å²) in [6.45, 7) is 5.15. The summed E-state index contributed by atoms with van der Waals surface area (Å²) in [5.41, 5.74) is 0. The van der Waals surface area contributed by atoms with Gasteiger partial charge in [0.2, 0.25) is 0 Å². The van der Waals surface area contributed by atoms with Gasteiger partial charge < -0.3 is 13.3 Å². The molecule has 0 amide bonds. The molecule has 0 aliphatic heterocycles. The van der Waals surface area contributed by atoms with Gasteiger partial charge in [-0.05, 0) is 6.42 Å². The lowest BCUT2D eigenvalue weighted by Gasteiger charge is -2.25. The van der Waals surface area contributed by atoms with Crippen LogP contribution in [0, 0.1) is 0 Å². The second-order valence-electron chi connectivity index (χ2n) is 4.46. The molecule has 0 aliphatic carbocycles. The van der Waals surface area contributed by atoms with Crippen molar-refractivity contribution in [3.63, 3.8) is 0 Å². The number of hydrogen-bond acceptors (Lipinski definition) is 3. The van der Waals surface area contributed by atoms with Crippen LogP contribution in [0.15, 0.2) is 0 Å². The monoisotopic (exact) mass is 262 g/mol. The van der Waals surface area contributed by atoms with Crippen LogP contribution in [0.5, 0.6) is 0 Å². The standard InChI is InChI=1S/C13H30O3Si/c1-5-7-8-9-10-11-12-16-17(14-3,15-4)13-6-2/h5-13H2,1-4H3. The third-order valence-corrected chi connectivity index (χ3v) is 6.00. The van der Waals surface area contributed by atoms with E-state index in [2.05, 4.69) is 13.8 Å². The Balaban J connectivity index is 3.61. The van der Waals surface area contributed by atoms with Crippen LogP contribution in [-0.4, -0.2) is 29.6 Å². The van der Waals surface area contributed by atoms with E-state index in [9.17, 15) is 0 Å². The van der Waals surface area contributed by atoms with Gasteiger partial charge in [0.1, 0.15) is 0 Å². The van der Waals surface area contributed by atoms with Crippen LogP contribution in [0.25, 0.3) is 0 Å². The fourth-order valence-electron chi connectivity index (χ4n) is 1.89. The lowest BCUT2D eigenvalue weighted by Crippen LogP contribution is -2.43. The van der Waals surface area contributed by atoms with Gasteiger partial charge in [0.05, 0.1) is 0 Å². The molecule has 0 rings (SSSR count). The van der Waals surface area contributed by atoms with Crippen LogP contribution in [0.2, 0.25) is 6.04 Å². The molecule has 0 saturated carbocycles. The highest BCUT2D eigenvalue weighted by Gasteiger charge is 2.37. The summed E-state index contributed by atoms with van der Waals surface area (Å²) in [6, 6.07) is 0.913. The molecule has 0 spiro atoms. The Morgan fingerprint density at radius 3 is 1.88 bits per heavy atom. The van der Waals surface area contributed by atoms with Gasteiger partial charge in [-0.1, -0.05) is 52.4 Å². The number of unbranched alkanes of at least 4 members (excludes halogenated alkanes) is 5. The summed E-state index contributed by atoms with van der Waals surface area (Å²) in [7, 11) is 1.08. The van der Waals surface area contributed by atoms with E-state index in [-0.39, 0.29) is 0 Å². The molecule has 0 radical (unpaired) electrons. The summed E-state index contributed by atoms with van der Waals surface area (Å²) in [5, 5.41) is 0. The largest absolute Gasteiger partial charge is 0.500 e. The zero-order valence-corrected chi connectivity index (χ0v) is 13.1. The molecule has 104 valence electrons. The van der Waals surface area contributed by atoms with Crippen molar-refractivity contribution in [2.75, 3.05) is 20.8 Å². The van der Waals surface area contributed by atoms with E-state index in [0.29, 0.717) is 0 Å². The van der Waals surface area contributed by atoms with Crippen molar-refractivity contribution < 1.29 is 13.3 Å². The molecule has 0 fully saturated rings. The first-order valence-electron chi connectivity index (χ1n) is 6.99. The molecule has 0 bridgehead atoms. The second kappa shape index (κ2) is 11.2. The minimum absolute atomic E-state index is 0.778. The highest BCUT2D eigenvalue weighted by molar-refractivity contribution is 6.60. The molecule has 0 unspecified atom stereocenters. The molecule has 0 aromatic rings. The summed E-state index contributed by atoms with van der Waals surface area (Å²) < 4.78 is 16.8. The first-order valence-corrected chi connectivity index (χ1v) is 8.92. The maximum absolute atomic E-state index is 5.87. The van der Waals surface area contributed by atoms with Gasteiger partial charge in [-0.3, -0.25) is 0 Å². The van der Waals surface area contributed by atoms with Gasteiger partial charge in [0.25, 0.3) is 0 Å². The summed E-state index contributed by atoms with van der Waals surface area (Å²) in [4.78, 5) is 0. The molecule has 0 heterocycles. The molecular formula is C13H30O3Si. The van der Waals surface area contributed by atoms with Crippen molar-refractivity contribution in [2.45, 2.75) is 64.8 Å². The number of rotatable bonds is 12. The highest BCUT2D eigenvalue weighted by atomic mass is 28.4. The minimum atomic E-state index is -2.32. The topological polar surface area (TPSA) is 27.7 Å². The van der Waals surface area contributed by atoms with Crippen LogP contribution >= 0.6 is 0 Å². The summed E-state index contributed by atoms with van der Waals surface area (Å²) in [6.07, 6.45) is 8.74. The van der Waals surface area contributed by atoms with E-state index in [4.69, 9.17) is 13.3 Å². The van der Waals surface area contributed by atoms with E-state index < -0.39 is 8.80 Å². The van der Waals surface area contributed by atoms with Crippen molar-refractivity contribution >= 4 is 8.80 Å². The van der Waals surface area contributed by atoms with E-state index in [0.717, 1.165) is 25.5 Å². The summed E-state index contributed by atoms with van der Waals surface area (Å²) >= 11 is 0. The molecule has 4 heteroatoms. The zero-order chi connectivity index (χ0) is 13.0. The molecular weight excluding hydrogens is 232 g/mol. The Bertz CT molecular complexity index is 161. The average Bonchev–Trinajstić information content (AvgIpc) is 2.36. The first kappa shape index (κ1) is 17.1. The quantitative estimate of drug-likeness (QED) is 0.393. The molecule has 0 aliphatic rings. The van der Waals surface area contributed by atoms with Crippen molar-refractivity contribution in [2.24, 2.45) is 0 Å². The van der Waals surface area contributed by atoms with Crippen LogP contribution in [0.1, 0.15) is 58.8 Å². The lowest BCUT2D eigenvalue weighted by atomic mass is 10.1. The average molecular weight is 262 g/mol. The van der Waals surface area contributed by atoms with Crippen LogP contribution in [-0.2, 0) is 13.3 Å². The maximum atomic E-state index is 5.87. The molecule has 17 heavy (non-hydrogen) atoms. The molecule has 0 N–H and O–H groups in total. The first-order chi connectivity index (χ1) is 8.24. The van der Waals surface area contributed by atoms with Crippen molar-refractivity contribution in [1.82, 2.24) is 0 Å². The van der Waals surface area contributed by atoms with Crippen molar-refractivity contribution in [3.05, 3.63) is 0 Å². The van der Waals surface area contributed by atoms with Crippen LogP contribution in [0.3, 0.4) is 0 Å². The van der Waals surface area contributed by atoms with E-state index >= 15 is 0 Å². The van der Waals surface area contributed by atoms with Crippen molar-refractivity contribution in [3.8, 4) is 0 Å². The van der Waals surface area contributed by atoms with Gasteiger partial charge >= 0.3 is 8.80 Å². The van der Waals surface area contributed by atoms with Gasteiger partial charge in [0.15, 0.2) is 0 Å². The Morgan fingerprint density at radius 1 is 0.765 bits per heavy atom. The molecule has 0 aromatic carbocycles. The van der Waals surface area contributed by atoms with Gasteiger partial charge in [-0.2, -0.15) is 0 Å². The Hall–Kier alpha value is 0.0969. The van der Waals surface area contributed by atoms with Crippen LogP contribution < -0.4 is 0 Å². The fraction of sp³-hybridized carbons (Fsp3) is 1.00. The highest BCUT2D eigenvalue weighted by Crippen LogP contribution is 2.16. The summed E-state index contributed by atoms with van der Waals surface area (Å²) in [5.74, 6) is 0. The Morgan fingerprint density at radius 2 is 1.35 bits per heavy atom. The predicted octanol–water partition coefficient (Wildman–Crippen LogP) is 4.01. The SMILES string of the molecule is CCCCCCCCO[Si](CCC)(OC)OC. The van der Waals surface area contributed by atoms with E-state index in [1.165, 1.54) is 32.1 Å². The fourth-order valence-corrected chi connectivity index (χ4v) is 3.92. The normalized spacial score (nSPS) is 12.0.